The highest BCUT2D eigenvalue weighted by Gasteiger charge is 2.13. The number of piperidine rings is 1. The fraction of sp³-hybridized carbons (Fsp3) is 0.833. The molecule has 3 nitrogen and oxygen atoms in total. The second-order valence-electron chi connectivity index (χ2n) is 1.69. The quantitative estimate of drug-likeness (QED) is 0.538. The van der Waals surface area contributed by atoms with Gasteiger partial charge in [0.1, 0.15) is 0 Å². The summed E-state index contributed by atoms with van der Waals surface area (Å²) in [5.74, 6) is 0. The van der Waals surface area contributed by atoms with Crippen LogP contribution in [0.25, 0.3) is 0 Å². The summed E-state index contributed by atoms with van der Waals surface area (Å²) in [7, 11) is 0. The van der Waals surface area contributed by atoms with E-state index in [1.165, 1.54) is 0 Å². The number of hydrogen-bond acceptors (Lipinski definition) is 1. The summed E-state index contributed by atoms with van der Waals surface area (Å²) in [6.45, 7) is -2.39. The minimum Gasteiger partial charge on any atom is -0.465 e. The Bertz CT molecular complexity index is 215. The minimum absolute atomic E-state index is 0.00977. The molecule has 1 rings (SSSR count). The third-order valence-corrected chi connectivity index (χ3v) is 1.04. The standard InChI is InChI=1S/C6H11NO2/c8-6(9)7-4-2-1-3-5-7/h1-5H2,(H,8,9)/i1D,2D,4D,5D. The van der Waals surface area contributed by atoms with Crippen LogP contribution in [0.2, 0.25) is 0 Å². The Morgan fingerprint density at radius 2 is 2.33 bits per heavy atom. The van der Waals surface area contributed by atoms with Crippen molar-refractivity contribution in [2.24, 2.45) is 0 Å². The van der Waals surface area contributed by atoms with Gasteiger partial charge in [-0.3, -0.25) is 0 Å². The first-order chi connectivity index (χ1) is 5.95. The number of nitrogens with zero attached hydrogens (tertiary/aromatic N) is 1. The molecule has 0 aliphatic carbocycles. The van der Waals surface area contributed by atoms with Gasteiger partial charge in [-0.05, 0) is 19.2 Å². The lowest BCUT2D eigenvalue weighted by molar-refractivity contribution is 0.136. The molecule has 0 aromatic heterocycles. The smallest absolute Gasteiger partial charge is 0.407 e. The van der Waals surface area contributed by atoms with E-state index in [2.05, 4.69) is 0 Å². The molecule has 4 atom stereocenters. The molecule has 52 valence electrons. The zero-order valence-electron chi connectivity index (χ0n) is 8.82. The fourth-order valence-corrected chi connectivity index (χ4v) is 0.609. The van der Waals surface area contributed by atoms with Gasteiger partial charge in [-0.1, -0.05) is 0 Å². The van der Waals surface area contributed by atoms with Crippen molar-refractivity contribution in [2.75, 3.05) is 13.0 Å². The zero-order valence-corrected chi connectivity index (χ0v) is 4.82. The van der Waals surface area contributed by atoms with E-state index in [1.807, 2.05) is 0 Å². The summed E-state index contributed by atoms with van der Waals surface area (Å²) < 4.78 is 29.3. The van der Waals surface area contributed by atoms with Gasteiger partial charge in [0.15, 0.2) is 0 Å². The van der Waals surface area contributed by atoms with Crippen molar-refractivity contribution in [3.05, 3.63) is 0 Å². The minimum atomic E-state index is -1.36. The van der Waals surface area contributed by atoms with Gasteiger partial charge < -0.3 is 10.0 Å². The van der Waals surface area contributed by atoms with E-state index < -0.39 is 31.9 Å². The van der Waals surface area contributed by atoms with Gasteiger partial charge in [0.25, 0.3) is 0 Å². The maximum atomic E-state index is 10.6. The van der Waals surface area contributed by atoms with Gasteiger partial charge in [0.05, 0.1) is 0 Å². The van der Waals surface area contributed by atoms with Crippen LogP contribution < -0.4 is 0 Å². The summed E-state index contributed by atoms with van der Waals surface area (Å²) >= 11 is 0. The Morgan fingerprint density at radius 3 is 3.00 bits per heavy atom. The Kier molecular flexibility index (Phi) is 0.874. The molecule has 1 fully saturated rings. The van der Waals surface area contributed by atoms with E-state index in [-0.39, 0.29) is 6.42 Å². The van der Waals surface area contributed by atoms with Crippen molar-refractivity contribution in [2.45, 2.75) is 19.2 Å². The van der Waals surface area contributed by atoms with Crippen LogP contribution in [0, 0.1) is 0 Å². The van der Waals surface area contributed by atoms with E-state index >= 15 is 0 Å². The van der Waals surface area contributed by atoms with Crippen LogP contribution in [0.5, 0.6) is 0 Å². The average molecular weight is 133 g/mol. The van der Waals surface area contributed by atoms with Crippen LogP contribution in [0.4, 0.5) is 4.79 Å². The SMILES string of the molecule is [2H]C1CC([2H])N(C(=O)O)C([2H])C1[2H]. The first-order valence-corrected chi connectivity index (χ1v) is 2.65. The van der Waals surface area contributed by atoms with Crippen molar-refractivity contribution in [3.8, 4) is 0 Å². The molecule has 1 heterocycles. The number of rotatable bonds is 0. The molecular formula is C6H11NO2. The van der Waals surface area contributed by atoms with Crippen LogP contribution in [-0.4, -0.2) is 29.1 Å². The Labute approximate surface area is 59.9 Å². The molecule has 0 radical (unpaired) electrons. The lowest BCUT2D eigenvalue weighted by atomic mass is 10.1. The Morgan fingerprint density at radius 1 is 1.56 bits per heavy atom. The summed E-state index contributed by atoms with van der Waals surface area (Å²) in [5, 5.41) is 8.62. The van der Waals surface area contributed by atoms with Gasteiger partial charge in [-0.2, -0.15) is 0 Å². The molecule has 1 saturated heterocycles. The van der Waals surface area contributed by atoms with Crippen molar-refractivity contribution in [1.29, 1.82) is 0 Å². The Hall–Kier alpha value is -0.730. The van der Waals surface area contributed by atoms with Gasteiger partial charge in [-0.15, -0.1) is 0 Å². The van der Waals surface area contributed by atoms with Gasteiger partial charge in [0.2, 0.25) is 0 Å². The molecule has 4 unspecified atom stereocenters. The van der Waals surface area contributed by atoms with Crippen molar-refractivity contribution < 1.29 is 15.4 Å². The van der Waals surface area contributed by atoms with Crippen LogP contribution >= 0.6 is 0 Å². The third-order valence-electron chi connectivity index (χ3n) is 1.04. The lowest BCUT2D eigenvalue weighted by Gasteiger charge is -2.22. The second kappa shape index (κ2) is 2.71. The molecule has 9 heavy (non-hydrogen) atoms. The number of likely N-dealkylation sites (tertiary alicyclic amines) is 1. The molecule has 0 aromatic rings. The topological polar surface area (TPSA) is 40.5 Å². The molecule has 0 spiro atoms. The summed E-state index contributed by atoms with van der Waals surface area (Å²) in [6, 6.07) is 0. The molecule has 1 amide bonds. The molecule has 1 aliphatic rings. The van der Waals surface area contributed by atoms with E-state index in [1.54, 1.807) is 0 Å². The van der Waals surface area contributed by atoms with Gasteiger partial charge >= 0.3 is 6.09 Å². The molecule has 0 saturated carbocycles. The molecule has 1 N–H and O–H groups in total. The van der Waals surface area contributed by atoms with E-state index in [0.717, 1.165) is 0 Å². The van der Waals surface area contributed by atoms with Gasteiger partial charge in [0, 0.05) is 18.5 Å². The molecule has 3 heteroatoms. The summed E-state index contributed by atoms with van der Waals surface area (Å²) in [4.78, 5) is 11.2. The van der Waals surface area contributed by atoms with Crippen LogP contribution in [0.3, 0.4) is 0 Å². The summed E-state index contributed by atoms with van der Waals surface area (Å²) in [5.41, 5.74) is 0. The van der Waals surface area contributed by atoms with Crippen molar-refractivity contribution >= 4 is 6.09 Å². The highest BCUT2D eigenvalue weighted by atomic mass is 16.4. The third kappa shape index (κ3) is 1.59. The number of hydrogen-bond donors (Lipinski definition) is 1. The fourth-order valence-electron chi connectivity index (χ4n) is 0.609. The summed E-state index contributed by atoms with van der Waals surface area (Å²) in [6.07, 6.45) is -3.25. The van der Waals surface area contributed by atoms with Crippen LogP contribution in [-0.2, 0) is 0 Å². The average Bonchev–Trinajstić information content (AvgIpc) is 1.99. The molecule has 1 aliphatic heterocycles. The number of amides is 1. The number of carboxylic acid groups (broad SMARTS) is 1. The zero-order chi connectivity index (χ0) is 10.2. The molecule has 0 aromatic carbocycles. The van der Waals surface area contributed by atoms with E-state index in [0.29, 0.717) is 4.90 Å². The lowest BCUT2D eigenvalue weighted by Crippen LogP contribution is -2.34. The predicted molar refractivity (Wildman–Crippen MR) is 33.4 cm³/mol. The monoisotopic (exact) mass is 133 g/mol. The maximum Gasteiger partial charge on any atom is 0.407 e. The van der Waals surface area contributed by atoms with Crippen LogP contribution in [0.15, 0.2) is 0 Å². The van der Waals surface area contributed by atoms with Crippen molar-refractivity contribution in [3.63, 3.8) is 0 Å². The van der Waals surface area contributed by atoms with E-state index in [4.69, 9.17) is 10.6 Å². The first kappa shape index (κ1) is 2.90. The highest BCUT2D eigenvalue weighted by Crippen LogP contribution is 2.07. The van der Waals surface area contributed by atoms with Crippen molar-refractivity contribution in [1.82, 2.24) is 4.90 Å². The van der Waals surface area contributed by atoms with Crippen LogP contribution in [0.1, 0.15) is 24.7 Å². The normalized spacial score (nSPS) is 58.9. The molecule has 0 bridgehead atoms. The van der Waals surface area contributed by atoms with E-state index in [9.17, 15) is 4.79 Å². The molecular weight excluding hydrogens is 118 g/mol. The van der Waals surface area contributed by atoms with Gasteiger partial charge in [-0.25, -0.2) is 4.79 Å². The predicted octanol–water partition coefficient (Wildman–Crippen LogP) is 1.15. The Balaban J connectivity index is 2.79. The maximum absolute atomic E-state index is 10.6. The first-order valence-electron chi connectivity index (χ1n) is 4.96. The highest BCUT2D eigenvalue weighted by molar-refractivity contribution is 5.64. The number of carbonyl (C=O) groups is 1. The second-order valence-corrected chi connectivity index (χ2v) is 1.69. The largest absolute Gasteiger partial charge is 0.465 e.